The zero-order valence-electron chi connectivity index (χ0n) is 10.7. The van der Waals surface area contributed by atoms with Crippen LogP contribution >= 0.6 is 0 Å². The fourth-order valence-corrected chi connectivity index (χ4v) is 1.72. The van der Waals surface area contributed by atoms with Gasteiger partial charge in [-0.1, -0.05) is 0 Å². The van der Waals surface area contributed by atoms with Crippen LogP contribution in [0.3, 0.4) is 0 Å². The Labute approximate surface area is 111 Å². The first-order valence-corrected chi connectivity index (χ1v) is 6.04. The number of nitrogens with zero attached hydrogens (tertiary/aromatic N) is 1. The van der Waals surface area contributed by atoms with Gasteiger partial charge < -0.3 is 21.3 Å². The van der Waals surface area contributed by atoms with Crippen molar-refractivity contribution in [2.45, 2.75) is 13.3 Å². The van der Waals surface area contributed by atoms with Crippen LogP contribution in [0, 0.1) is 10.8 Å². The summed E-state index contributed by atoms with van der Waals surface area (Å²) in [6.45, 7) is 2.36. The summed E-state index contributed by atoms with van der Waals surface area (Å²) in [5.74, 6) is 0.493. The normalized spacial score (nSPS) is 17.5. The third-order valence-corrected chi connectivity index (χ3v) is 2.67. The van der Waals surface area contributed by atoms with Crippen molar-refractivity contribution in [3.63, 3.8) is 0 Å². The molecule has 1 aliphatic carbocycles. The summed E-state index contributed by atoms with van der Waals surface area (Å²) in [5, 5.41) is 15.7. The molecule has 0 heterocycles. The first-order valence-electron chi connectivity index (χ1n) is 6.04. The van der Waals surface area contributed by atoms with Crippen molar-refractivity contribution >= 4 is 28.5 Å². The first-order chi connectivity index (χ1) is 9.10. The van der Waals surface area contributed by atoms with Crippen LogP contribution in [0.2, 0.25) is 0 Å². The molecule has 0 aliphatic heterocycles. The molecular weight excluding hydrogens is 240 g/mol. The van der Waals surface area contributed by atoms with Gasteiger partial charge in [0.05, 0.1) is 29.4 Å². The van der Waals surface area contributed by atoms with E-state index in [-0.39, 0.29) is 6.42 Å². The molecular formula is C14H16N4O. The summed E-state index contributed by atoms with van der Waals surface area (Å²) >= 11 is 0. The first kappa shape index (κ1) is 13.0. The molecule has 5 nitrogen and oxygen atoms in total. The van der Waals surface area contributed by atoms with Gasteiger partial charge in [0, 0.05) is 18.2 Å². The van der Waals surface area contributed by atoms with Gasteiger partial charge in [-0.05, 0) is 31.2 Å². The van der Waals surface area contributed by atoms with E-state index >= 15 is 0 Å². The fourth-order valence-electron chi connectivity index (χ4n) is 1.72. The third-order valence-electron chi connectivity index (χ3n) is 2.67. The smallest absolute Gasteiger partial charge is 0.142 e. The van der Waals surface area contributed by atoms with Gasteiger partial charge in [-0.25, -0.2) is 4.99 Å². The molecule has 5 heteroatoms. The predicted octanol–water partition coefficient (Wildman–Crippen LogP) is 2.70. The number of nitrogens with two attached hydrogens (primary N) is 1. The average Bonchev–Trinajstić information content (AvgIpc) is 2.38. The molecule has 0 amide bonds. The number of aliphatic imine (C=N–C) groups is 1. The van der Waals surface area contributed by atoms with Gasteiger partial charge in [0.1, 0.15) is 5.76 Å². The molecule has 0 saturated carbocycles. The minimum atomic E-state index is 0.250. The minimum absolute atomic E-state index is 0.250. The molecule has 98 valence electrons. The lowest BCUT2D eigenvalue weighted by Gasteiger charge is -2.16. The maximum atomic E-state index is 7.89. The van der Waals surface area contributed by atoms with Crippen LogP contribution in [0.1, 0.15) is 13.3 Å². The Morgan fingerprint density at radius 3 is 2.53 bits per heavy atom. The van der Waals surface area contributed by atoms with Gasteiger partial charge in [0.25, 0.3) is 0 Å². The molecule has 4 N–H and O–H groups in total. The molecule has 1 aromatic rings. The number of benzene rings is 1. The Kier molecular flexibility index (Phi) is 3.75. The van der Waals surface area contributed by atoms with E-state index in [4.69, 9.17) is 21.3 Å². The van der Waals surface area contributed by atoms with Crippen molar-refractivity contribution in [2.75, 3.05) is 12.3 Å². The van der Waals surface area contributed by atoms with Crippen molar-refractivity contribution in [2.24, 2.45) is 4.99 Å². The van der Waals surface area contributed by atoms with Gasteiger partial charge in [-0.2, -0.15) is 0 Å². The Balaban J connectivity index is 2.34. The SMILES string of the molecule is CCOC1=CC(=Nc2ccc(N)cc2)C(=N)CC1=N. The highest BCUT2D eigenvalue weighted by Gasteiger charge is 2.20. The second-order valence-corrected chi connectivity index (χ2v) is 4.16. The maximum Gasteiger partial charge on any atom is 0.142 e. The van der Waals surface area contributed by atoms with Gasteiger partial charge in [0.2, 0.25) is 0 Å². The second-order valence-electron chi connectivity index (χ2n) is 4.16. The number of anilines is 1. The minimum Gasteiger partial charge on any atom is -0.492 e. The average molecular weight is 256 g/mol. The number of hydrogen-bond donors (Lipinski definition) is 3. The van der Waals surface area contributed by atoms with Crippen molar-refractivity contribution in [1.82, 2.24) is 0 Å². The summed E-state index contributed by atoms with van der Waals surface area (Å²) in [6, 6.07) is 7.12. The molecule has 0 radical (unpaired) electrons. The molecule has 0 atom stereocenters. The zero-order chi connectivity index (χ0) is 13.8. The largest absolute Gasteiger partial charge is 0.492 e. The number of hydrogen-bond acceptors (Lipinski definition) is 5. The van der Waals surface area contributed by atoms with E-state index in [0.29, 0.717) is 35.2 Å². The van der Waals surface area contributed by atoms with Crippen LogP contribution < -0.4 is 5.73 Å². The van der Waals surface area contributed by atoms with E-state index in [1.807, 2.05) is 6.92 Å². The zero-order valence-corrected chi connectivity index (χ0v) is 10.7. The number of ether oxygens (including phenoxy) is 1. The lowest BCUT2D eigenvalue weighted by molar-refractivity contribution is 0.249. The number of rotatable bonds is 3. The van der Waals surface area contributed by atoms with E-state index in [1.165, 1.54) is 0 Å². The van der Waals surface area contributed by atoms with Gasteiger partial charge in [-0.15, -0.1) is 0 Å². The Hall–Kier alpha value is -2.43. The molecule has 19 heavy (non-hydrogen) atoms. The molecule has 0 saturated heterocycles. The van der Waals surface area contributed by atoms with Crippen LogP contribution in [0.25, 0.3) is 0 Å². The number of allylic oxidation sites excluding steroid dienone is 2. The molecule has 0 fully saturated rings. The summed E-state index contributed by atoms with van der Waals surface area (Å²) in [5.41, 5.74) is 8.20. The Morgan fingerprint density at radius 1 is 1.21 bits per heavy atom. The van der Waals surface area contributed by atoms with Crippen molar-refractivity contribution in [3.05, 3.63) is 36.1 Å². The molecule has 1 aliphatic rings. The fraction of sp³-hybridized carbons (Fsp3) is 0.214. The third kappa shape index (κ3) is 3.07. The summed E-state index contributed by atoms with van der Waals surface area (Å²) in [4.78, 5) is 4.39. The molecule has 0 aromatic heterocycles. The molecule has 0 spiro atoms. The lowest BCUT2D eigenvalue weighted by atomic mass is 10.00. The number of nitrogens with one attached hydrogen (secondary N) is 2. The second kappa shape index (κ2) is 5.48. The van der Waals surface area contributed by atoms with Crippen LogP contribution in [-0.2, 0) is 4.74 Å². The quantitative estimate of drug-likeness (QED) is 0.725. The molecule has 2 rings (SSSR count). The standard InChI is InChI=1S/C14H16N4O/c1-2-19-14-8-13(11(16)7-12(14)17)18-10-5-3-9(15)4-6-10/h3-6,8,16-17H,2,7,15H2,1H3. The van der Waals surface area contributed by atoms with E-state index < -0.39 is 0 Å². The van der Waals surface area contributed by atoms with E-state index in [2.05, 4.69) is 4.99 Å². The van der Waals surface area contributed by atoms with Gasteiger partial charge >= 0.3 is 0 Å². The van der Waals surface area contributed by atoms with Crippen LogP contribution in [-0.4, -0.2) is 23.7 Å². The van der Waals surface area contributed by atoms with Crippen LogP contribution in [0.4, 0.5) is 11.4 Å². The number of nitrogen functional groups attached to an aromatic ring is 1. The van der Waals surface area contributed by atoms with E-state index in [9.17, 15) is 0 Å². The van der Waals surface area contributed by atoms with Crippen LogP contribution in [0.5, 0.6) is 0 Å². The Bertz CT molecular complexity index is 570. The van der Waals surface area contributed by atoms with Crippen LogP contribution in [0.15, 0.2) is 41.1 Å². The molecule has 0 bridgehead atoms. The molecule has 0 unspecified atom stereocenters. The van der Waals surface area contributed by atoms with Crippen molar-refractivity contribution in [1.29, 1.82) is 10.8 Å². The van der Waals surface area contributed by atoms with Gasteiger partial charge in [-0.3, -0.25) is 0 Å². The predicted molar refractivity (Wildman–Crippen MR) is 77.7 cm³/mol. The highest BCUT2D eigenvalue weighted by molar-refractivity contribution is 6.51. The highest BCUT2D eigenvalue weighted by atomic mass is 16.5. The van der Waals surface area contributed by atoms with Crippen molar-refractivity contribution < 1.29 is 4.74 Å². The summed E-state index contributed by atoms with van der Waals surface area (Å²) in [7, 11) is 0. The van der Waals surface area contributed by atoms with E-state index in [0.717, 1.165) is 5.69 Å². The molecule has 1 aromatic carbocycles. The monoisotopic (exact) mass is 256 g/mol. The van der Waals surface area contributed by atoms with Crippen molar-refractivity contribution in [3.8, 4) is 0 Å². The topological polar surface area (TPSA) is 95.3 Å². The summed E-state index contributed by atoms with van der Waals surface area (Å²) in [6.07, 6.45) is 1.90. The van der Waals surface area contributed by atoms with Gasteiger partial charge in [0.15, 0.2) is 0 Å². The lowest BCUT2D eigenvalue weighted by Crippen LogP contribution is -2.24. The summed E-state index contributed by atoms with van der Waals surface area (Å²) < 4.78 is 5.37. The maximum absolute atomic E-state index is 7.89. The highest BCUT2D eigenvalue weighted by Crippen LogP contribution is 2.18. The van der Waals surface area contributed by atoms with E-state index in [1.54, 1.807) is 30.3 Å². The Morgan fingerprint density at radius 2 is 1.89 bits per heavy atom.